The number of halogens is 4. The van der Waals surface area contributed by atoms with Crippen LogP contribution in [0, 0.1) is 10.1 Å². The minimum atomic E-state index is -4.91. The molecule has 274 valence electrons. The molecule has 0 saturated carbocycles. The van der Waals surface area contributed by atoms with E-state index in [9.17, 15) is 42.8 Å². The smallest absolute Gasteiger partial charge is 0.387 e. The third-order valence-corrected chi connectivity index (χ3v) is 9.58. The number of carbonyl (C=O) groups excluding carboxylic acids is 3. The predicted octanol–water partition coefficient (Wildman–Crippen LogP) is 2.99. The Morgan fingerprint density at radius 1 is 1.06 bits per heavy atom. The van der Waals surface area contributed by atoms with E-state index in [1.165, 1.54) is 25.2 Å². The molecule has 3 amide bonds. The van der Waals surface area contributed by atoms with Crippen LogP contribution in [0.3, 0.4) is 0 Å². The van der Waals surface area contributed by atoms with Crippen LogP contribution >= 0.6 is 11.6 Å². The lowest BCUT2D eigenvalue weighted by Crippen LogP contribution is -2.58. The summed E-state index contributed by atoms with van der Waals surface area (Å²) in [5.74, 6) is -1.55. The molecule has 6 rings (SSSR count). The molecule has 2 fully saturated rings. The van der Waals surface area contributed by atoms with Crippen LogP contribution in [0.25, 0.3) is 17.1 Å². The molecule has 2 saturated heterocycles. The second-order valence-corrected chi connectivity index (χ2v) is 13.5. The first kappa shape index (κ1) is 36.4. The lowest BCUT2D eigenvalue weighted by atomic mass is 10.1. The number of likely N-dealkylation sites (N-methyl/N-ethyl adjacent to an activating group) is 1. The summed E-state index contributed by atoms with van der Waals surface area (Å²) in [6.45, 7) is 1.71. The summed E-state index contributed by atoms with van der Waals surface area (Å²) in [6, 6.07) is 6.13. The average Bonchev–Trinajstić information content (AvgIpc) is 3.78. The minimum absolute atomic E-state index is 0.0444. The van der Waals surface area contributed by atoms with Gasteiger partial charge in [0.25, 0.3) is 23.4 Å². The maximum absolute atomic E-state index is 14.1. The van der Waals surface area contributed by atoms with Crippen LogP contribution in [-0.2, 0) is 18.0 Å². The van der Waals surface area contributed by atoms with Gasteiger partial charge in [-0.15, -0.1) is 0 Å². The number of hydrogen-bond acceptors (Lipinski definition) is 9. The number of pyridine rings is 1. The van der Waals surface area contributed by atoms with E-state index in [1.807, 2.05) is 14.1 Å². The number of nitrogens with one attached hydrogen (secondary N) is 1. The summed E-state index contributed by atoms with van der Waals surface area (Å²) in [4.78, 5) is 61.2. The number of alkyl halides is 3. The Labute approximate surface area is 298 Å². The number of aliphatic hydroxyl groups excluding tert-OH is 1. The largest absolute Gasteiger partial charge is 0.435 e. The molecule has 0 spiro atoms. The van der Waals surface area contributed by atoms with Gasteiger partial charge in [0.05, 0.1) is 47.1 Å². The fourth-order valence-corrected chi connectivity index (χ4v) is 6.79. The lowest BCUT2D eigenvalue weighted by molar-refractivity contribution is -0.894. The van der Waals surface area contributed by atoms with Gasteiger partial charge in [0, 0.05) is 57.6 Å². The van der Waals surface area contributed by atoms with E-state index >= 15 is 0 Å². The van der Waals surface area contributed by atoms with Crippen molar-refractivity contribution < 1.29 is 42.1 Å². The summed E-state index contributed by atoms with van der Waals surface area (Å²) in [5.41, 5.74) is -1.80. The van der Waals surface area contributed by atoms with E-state index in [2.05, 4.69) is 20.4 Å². The standard InChI is InChI=1S/C32H32ClF3N10O6/c1-41-24(22-16-44(40-27(22)32(34,35)36)26-7-5-19(14-37-26)45(51)52)15-38-28(41)29(48)39-18-4-6-21(23(33)12-18)30(49)42-8-10-43(11-9-42)31(50)25-13-20(47)17-46(25,2)3/h4-7,12,14-16,20,25,47H,8-11,13,17H2,1-3H3/p+1/t20-,25+/m1/s1. The van der Waals surface area contributed by atoms with Gasteiger partial charge in [-0.05, 0) is 24.3 Å². The van der Waals surface area contributed by atoms with Crippen molar-refractivity contribution in [1.29, 1.82) is 0 Å². The number of aromatic nitrogens is 5. The number of likely N-dealkylation sites (tertiary alicyclic amines) is 1. The zero-order chi connectivity index (χ0) is 37.7. The van der Waals surface area contributed by atoms with Crippen LogP contribution in [0.2, 0.25) is 5.02 Å². The highest BCUT2D eigenvalue weighted by Gasteiger charge is 2.47. The van der Waals surface area contributed by atoms with Gasteiger partial charge in [-0.3, -0.25) is 24.5 Å². The molecule has 2 aliphatic heterocycles. The fraction of sp³-hybridized carbons (Fsp3) is 0.375. The van der Waals surface area contributed by atoms with Crippen LogP contribution in [-0.4, -0.2) is 125 Å². The molecule has 1 aromatic carbocycles. The molecule has 20 heteroatoms. The van der Waals surface area contributed by atoms with Gasteiger partial charge in [0.1, 0.15) is 18.8 Å². The van der Waals surface area contributed by atoms with Crippen molar-refractivity contribution >= 4 is 40.7 Å². The molecule has 0 radical (unpaired) electrons. The lowest BCUT2D eigenvalue weighted by Gasteiger charge is -2.38. The van der Waals surface area contributed by atoms with Crippen LogP contribution in [0.4, 0.5) is 24.5 Å². The van der Waals surface area contributed by atoms with E-state index < -0.39 is 34.4 Å². The predicted molar refractivity (Wildman–Crippen MR) is 178 cm³/mol. The molecule has 3 aromatic heterocycles. The van der Waals surface area contributed by atoms with Crippen molar-refractivity contribution in [1.82, 2.24) is 34.1 Å². The van der Waals surface area contributed by atoms with Crippen LogP contribution in [0.1, 0.15) is 33.1 Å². The number of anilines is 1. The first-order valence-corrected chi connectivity index (χ1v) is 16.3. The molecular weight excluding hydrogens is 713 g/mol. The molecule has 52 heavy (non-hydrogen) atoms. The molecule has 0 unspecified atom stereocenters. The number of carbonyl (C=O) groups is 3. The van der Waals surface area contributed by atoms with E-state index in [0.717, 1.165) is 40.0 Å². The molecule has 16 nitrogen and oxygen atoms in total. The highest BCUT2D eigenvalue weighted by Crippen LogP contribution is 2.37. The number of nitrogens with zero attached hydrogens (tertiary/aromatic N) is 9. The third kappa shape index (κ3) is 7.06. The fourth-order valence-electron chi connectivity index (χ4n) is 6.53. The van der Waals surface area contributed by atoms with Crippen molar-refractivity contribution in [2.24, 2.45) is 7.05 Å². The Hall–Kier alpha value is -5.40. The van der Waals surface area contributed by atoms with Crippen LogP contribution in [0.15, 0.2) is 48.9 Å². The molecule has 4 aromatic rings. The van der Waals surface area contributed by atoms with Gasteiger partial charge < -0.3 is 29.3 Å². The SMILES string of the molecule is Cn1c(-c2cn(-c3ccc([N+](=O)[O-])cn3)nc2C(F)(F)F)cnc1C(=O)Nc1ccc(C(=O)N2CCN(C(=O)[C@@H]3C[C@@H](O)C[N+]3(C)C)CC2)c(Cl)c1. The number of piperazine rings is 1. The molecule has 2 aliphatic rings. The molecule has 0 aliphatic carbocycles. The summed E-state index contributed by atoms with van der Waals surface area (Å²) in [7, 11) is 5.17. The Kier molecular flexibility index (Phi) is 9.53. The zero-order valence-corrected chi connectivity index (χ0v) is 28.8. The van der Waals surface area contributed by atoms with E-state index in [0.29, 0.717) is 30.5 Å². The number of nitro groups is 1. The van der Waals surface area contributed by atoms with Gasteiger partial charge >= 0.3 is 6.18 Å². The number of quaternary nitrogens is 1. The Bertz CT molecular complexity index is 2060. The Balaban J connectivity index is 1.13. The van der Waals surface area contributed by atoms with Gasteiger partial charge in [0.15, 0.2) is 23.4 Å². The van der Waals surface area contributed by atoms with Crippen LogP contribution < -0.4 is 5.32 Å². The van der Waals surface area contributed by atoms with Crippen LogP contribution in [0.5, 0.6) is 0 Å². The number of amides is 3. The number of rotatable bonds is 7. The number of hydrogen-bond donors (Lipinski definition) is 2. The molecule has 5 heterocycles. The summed E-state index contributed by atoms with van der Waals surface area (Å²) in [5, 5.41) is 27.3. The van der Waals surface area contributed by atoms with Crippen molar-refractivity contribution in [2.45, 2.75) is 24.7 Å². The number of benzene rings is 1. The van der Waals surface area contributed by atoms with Crippen molar-refractivity contribution in [3.05, 3.63) is 81.1 Å². The first-order chi connectivity index (χ1) is 24.4. The summed E-state index contributed by atoms with van der Waals surface area (Å²) >= 11 is 6.47. The van der Waals surface area contributed by atoms with Crippen molar-refractivity contribution in [2.75, 3.05) is 52.1 Å². The van der Waals surface area contributed by atoms with E-state index in [1.54, 1.807) is 9.80 Å². The average molecular weight is 746 g/mol. The maximum Gasteiger partial charge on any atom is 0.435 e. The quantitative estimate of drug-likeness (QED) is 0.163. The molecule has 2 atom stereocenters. The molecular formula is C32H33ClF3N10O6+. The summed E-state index contributed by atoms with van der Waals surface area (Å²) < 4.78 is 44.5. The highest BCUT2D eigenvalue weighted by atomic mass is 35.5. The molecule has 2 N–H and O–H groups in total. The van der Waals surface area contributed by atoms with Gasteiger partial charge in [-0.25, -0.2) is 14.6 Å². The van der Waals surface area contributed by atoms with Gasteiger partial charge in [-0.1, -0.05) is 11.6 Å². The first-order valence-electron chi connectivity index (χ1n) is 15.9. The minimum Gasteiger partial charge on any atom is -0.387 e. The normalized spacial score (nSPS) is 18.8. The maximum atomic E-state index is 14.1. The molecule has 0 bridgehead atoms. The number of aliphatic hydroxyl groups is 1. The third-order valence-electron chi connectivity index (χ3n) is 9.27. The van der Waals surface area contributed by atoms with Crippen molar-refractivity contribution in [3.8, 4) is 17.1 Å². The Morgan fingerprint density at radius 3 is 2.33 bits per heavy atom. The highest BCUT2D eigenvalue weighted by molar-refractivity contribution is 6.34. The number of imidazole rings is 1. The topological polar surface area (TPSA) is 182 Å². The van der Waals surface area contributed by atoms with E-state index in [4.69, 9.17) is 11.6 Å². The monoisotopic (exact) mass is 745 g/mol. The zero-order valence-electron chi connectivity index (χ0n) is 28.0. The van der Waals surface area contributed by atoms with Gasteiger partial charge in [0.2, 0.25) is 0 Å². The second-order valence-electron chi connectivity index (χ2n) is 13.1. The Morgan fingerprint density at radius 2 is 1.75 bits per heavy atom. The van der Waals surface area contributed by atoms with Gasteiger partial charge in [-0.2, -0.15) is 18.3 Å². The van der Waals surface area contributed by atoms with E-state index in [-0.39, 0.29) is 70.2 Å². The second kappa shape index (κ2) is 13.6. The van der Waals surface area contributed by atoms with Crippen molar-refractivity contribution in [3.63, 3.8) is 0 Å². The summed E-state index contributed by atoms with van der Waals surface area (Å²) in [6.07, 6.45) is -2.06.